The molecule has 1 heteroatoms. The molecule has 1 aromatic carbocycles. The number of benzene rings is 1. The predicted molar refractivity (Wildman–Crippen MR) is 51.5 cm³/mol. The molecular weight excluding hydrogens is 146 g/mol. The Balaban J connectivity index is 2.58. The first-order chi connectivity index (χ1) is 5.88. The fourth-order valence-corrected chi connectivity index (χ4v) is 1.46. The standard InChI is InChI=1S/C11H11N/c1-9-11-7-3-2-5-10(11)6-4-8-12-9/h2-5,7-8H,6H2,1H3. The van der Waals surface area contributed by atoms with Crippen LogP contribution in [0.3, 0.4) is 0 Å². The fourth-order valence-electron chi connectivity index (χ4n) is 1.46. The van der Waals surface area contributed by atoms with Crippen molar-refractivity contribution in [3.8, 4) is 0 Å². The zero-order chi connectivity index (χ0) is 8.39. The maximum Gasteiger partial charge on any atom is 0.0447 e. The van der Waals surface area contributed by atoms with Crippen LogP contribution in [0, 0.1) is 0 Å². The van der Waals surface area contributed by atoms with Crippen molar-refractivity contribution < 1.29 is 0 Å². The lowest BCUT2D eigenvalue weighted by molar-refractivity contribution is 1.26. The lowest BCUT2D eigenvalue weighted by Gasteiger charge is -2.03. The van der Waals surface area contributed by atoms with Gasteiger partial charge in [-0.15, -0.1) is 0 Å². The molecule has 0 saturated carbocycles. The molecule has 0 saturated heterocycles. The first kappa shape index (κ1) is 7.29. The van der Waals surface area contributed by atoms with Crippen molar-refractivity contribution in [2.24, 2.45) is 4.99 Å². The molecule has 0 aliphatic carbocycles. The summed E-state index contributed by atoms with van der Waals surface area (Å²) in [7, 11) is 0. The van der Waals surface area contributed by atoms with Crippen LogP contribution in [0.25, 0.3) is 0 Å². The summed E-state index contributed by atoms with van der Waals surface area (Å²) in [5, 5.41) is 0. The molecule has 0 amide bonds. The summed E-state index contributed by atoms with van der Waals surface area (Å²) < 4.78 is 0. The highest BCUT2D eigenvalue weighted by atomic mass is 14.7. The molecular formula is C11H11N. The summed E-state index contributed by atoms with van der Waals surface area (Å²) >= 11 is 0. The van der Waals surface area contributed by atoms with Crippen LogP contribution in [0.15, 0.2) is 41.5 Å². The van der Waals surface area contributed by atoms with E-state index in [2.05, 4.69) is 42.3 Å². The van der Waals surface area contributed by atoms with Crippen LogP contribution < -0.4 is 0 Å². The van der Waals surface area contributed by atoms with Crippen molar-refractivity contribution in [1.29, 1.82) is 0 Å². The molecule has 0 fully saturated rings. The van der Waals surface area contributed by atoms with Gasteiger partial charge < -0.3 is 0 Å². The Hall–Kier alpha value is -1.37. The third-order valence-electron chi connectivity index (χ3n) is 2.12. The van der Waals surface area contributed by atoms with Gasteiger partial charge in [0.2, 0.25) is 0 Å². The van der Waals surface area contributed by atoms with E-state index in [9.17, 15) is 0 Å². The zero-order valence-electron chi connectivity index (χ0n) is 7.12. The van der Waals surface area contributed by atoms with Gasteiger partial charge in [-0.25, -0.2) is 0 Å². The summed E-state index contributed by atoms with van der Waals surface area (Å²) in [4.78, 5) is 4.30. The van der Waals surface area contributed by atoms with Gasteiger partial charge in [-0.2, -0.15) is 0 Å². The first-order valence-electron chi connectivity index (χ1n) is 4.15. The second kappa shape index (κ2) is 2.94. The van der Waals surface area contributed by atoms with Crippen molar-refractivity contribution in [2.75, 3.05) is 0 Å². The first-order valence-corrected chi connectivity index (χ1v) is 4.15. The van der Waals surface area contributed by atoms with Crippen molar-refractivity contribution in [3.63, 3.8) is 0 Å². The smallest absolute Gasteiger partial charge is 0.0447 e. The summed E-state index contributed by atoms with van der Waals surface area (Å²) in [6.45, 7) is 2.05. The van der Waals surface area contributed by atoms with Crippen molar-refractivity contribution in [3.05, 3.63) is 47.7 Å². The van der Waals surface area contributed by atoms with Crippen molar-refractivity contribution in [2.45, 2.75) is 13.3 Å². The van der Waals surface area contributed by atoms with E-state index in [-0.39, 0.29) is 0 Å². The summed E-state index contributed by atoms with van der Waals surface area (Å²) in [5.74, 6) is 0. The van der Waals surface area contributed by atoms with E-state index in [0.717, 1.165) is 12.1 Å². The van der Waals surface area contributed by atoms with Gasteiger partial charge in [0.25, 0.3) is 0 Å². The molecule has 0 unspecified atom stereocenters. The predicted octanol–water partition coefficient (Wildman–Crippen LogP) is 2.57. The van der Waals surface area contributed by atoms with E-state index < -0.39 is 0 Å². The van der Waals surface area contributed by atoms with Crippen LogP contribution in [0.2, 0.25) is 0 Å². The molecule has 1 aromatic rings. The van der Waals surface area contributed by atoms with Gasteiger partial charge >= 0.3 is 0 Å². The fraction of sp³-hybridized carbons (Fsp3) is 0.182. The highest BCUT2D eigenvalue weighted by Gasteiger charge is 2.04. The molecule has 0 atom stereocenters. The van der Waals surface area contributed by atoms with E-state index in [0.29, 0.717) is 0 Å². The molecule has 1 aliphatic heterocycles. The molecule has 60 valence electrons. The van der Waals surface area contributed by atoms with Crippen LogP contribution in [0.5, 0.6) is 0 Å². The third kappa shape index (κ3) is 1.18. The summed E-state index contributed by atoms with van der Waals surface area (Å²) in [5.41, 5.74) is 3.76. The maximum absolute atomic E-state index is 4.30. The van der Waals surface area contributed by atoms with Crippen LogP contribution in [0.4, 0.5) is 0 Å². The van der Waals surface area contributed by atoms with E-state index >= 15 is 0 Å². The number of nitrogens with zero attached hydrogens (tertiary/aromatic N) is 1. The number of hydrogen-bond donors (Lipinski definition) is 0. The Morgan fingerprint density at radius 1 is 1.25 bits per heavy atom. The minimum atomic E-state index is 0.997. The lowest BCUT2D eigenvalue weighted by Crippen LogP contribution is -1.97. The van der Waals surface area contributed by atoms with Crippen molar-refractivity contribution >= 4 is 5.71 Å². The van der Waals surface area contributed by atoms with Gasteiger partial charge in [0.15, 0.2) is 0 Å². The third-order valence-corrected chi connectivity index (χ3v) is 2.12. The minimum Gasteiger partial charge on any atom is -0.261 e. The number of fused-ring (bicyclic) bond motifs is 1. The zero-order valence-corrected chi connectivity index (χ0v) is 7.12. The molecule has 12 heavy (non-hydrogen) atoms. The largest absolute Gasteiger partial charge is 0.261 e. The average Bonchev–Trinajstić information content (AvgIpc) is 2.29. The highest BCUT2D eigenvalue weighted by Crippen LogP contribution is 2.13. The van der Waals surface area contributed by atoms with Gasteiger partial charge in [-0.1, -0.05) is 30.3 Å². The Labute approximate surface area is 72.5 Å². The maximum atomic E-state index is 4.30. The second-order valence-corrected chi connectivity index (χ2v) is 2.96. The molecule has 1 heterocycles. The van der Waals surface area contributed by atoms with Gasteiger partial charge in [-0.3, -0.25) is 4.99 Å². The number of aliphatic imine (C=N–C) groups is 1. The van der Waals surface area contributed by atoms with Crippen molar-refractivity contribution in [1.82, 2.24) is 0 Å². The van der Waals surface area contributed by atoms with Crippen LogP contribution in [-0.4, -0.2) is 5.71 Å². The Bertz CT molecular complexity index is 348. The van der Waals surface area contributed by atoms with Gasteiger partial charge in [0.05, 0.1) is 0 Å². The van der Waals surface area contributed by atoms with E-state index in [4.69, 9.17) is 0 Å². The van der Waals surface area contributed by atoms with Crippen LogP contribution in [0.1, 0.15) is 18.1 Å². The van der Waals surface area contributed by atoms with E-state index in [1.54, 1.807) is 0 Å². The molecule has 0 N–H and O–H groups in total. The molecule has 1 nitrogen and oxygen atoms in total. The highest BCUT2D eigenvalue weighted by molar-refractivity contribution is 6.00. The molecule has 0 spiro atoms. The normalized spacial score (nSPS) is 14.9. The van der Waals surface area contributed by atoms with E-state index in [1.807, 2.05) is 6.20 Å². The quantitative estimate of drug-likeness (QED) is 0.549. The SMILES string of the molecule is CC1=NC=CCc2ccccc21. The van der Waals surface area contributed by atoms with Crippen LogP contribution in [-0.2, 0) is 6.42 Å². The molecule has 1 aliphatic rings. The van der Waals surface area contributed by atoms with Gasteiger partial charge in [0, 0.05) is 11.9 Å². The molecule has 2 rings (SSSR count). The monoisotopic (exact) mass is 157 g/mol. The Kier molecular flexibility index (Phi) is 1.78. The Morgan fingerprint density at radius 2 is 2.08 bits per heavy atom. The van der Waals surface area contributed by atoms with E-state index in [1.165, 1.54) is 11.1 Å². The summed E-state index contributed by atoms with van der Waals surface area (Å²) in [6, 6.07) is 8.42. The summed E-state index contributed by atoms with van der Waals surface area (Å²) in [6.07, 6.45) is 4.97. The van der Waals surface area contributed by atoms with Crippen LogP contribution >= 0.6 is 0 Å². The molecule has 0 radical (unpaired) electrons. The second-order valence-electron chi connectivity index (χ2n) is 2.96. The molecule has 0 aromatic heterocycles. The lowest BCUT2D eigenvalue weighted by atomic mass is 10.0. The average molecular weight is 157 g/mol. The number of hydrogen-bond acceptors (Lipinski definition) is 1. The Morgan fingerprint density at radius 3 is 3.00 bits per heavy atom. The van der Waals surface area contributed by atoms with Gasteiger partial charge in [0.1, 0.15) is 0 Å². The number of rotatable bonds is 0. The number of allylic oxidation sites excluding steroid dienone is 1. The topological polar surface area (TPSA) is 12.4 Å². The van der Waals surface area contributed by atoms with Gasteiger partial charge in [-0.05, 0) is 24.5 Å². The minimum absolute atomic E-state index is 0.997. The molecule has 0 bridgehead atoms.